The molecule has 5 aromatic rings. The van der Waals surface area contributed by atoms with E-state index >= 15 is 0 Å². The quantitative estimate of drug-likeness (QED) is 0.0953. The fourth-order valence-corrected chi connectivity index (χ4v) is 5.18. The molecule has 7 nitrogen and oxygen atoms in total. The Hall–Kier alpha value is -4.18. The molecule has 39 heavy (non-hydrogen) atoms. The van der Waals surface area contributed by atoms with Crippen molar-refractivity contribution < 1.29 is 14.3 Å². The Morgan fingerprint density at radius 3 is 2.23 bits per heavy atom. The second kappa shape index (κ2) is 12.1. The molecular weight excluding hydrogens is 605 g/mol. The number of para-hydroxylation sites is 2. The Morgan fingerprint density at radius 1 is 0.923 bits per heavy atom. The molecule has 1 aromatic heterocycles. The molecule has 4 aromatic carbocycles. The SMILES string of the molecule is CCOc1cc(/C=N\NC(=O)Cn2c3ccccc3c(=O)c3ccccc32)cc(I)c1OCc1ccccc1. The number of hydrogen-bond acceptors (Lipinski definition) is 5. The molecule has 0 saturated carbocycles. The van der Waals surface area contributed by atoms with Crippen LogP contribution in [-0.2, 0) is 17.9 Å². The second-order valence-electron chi connectivity index (χ2n) is 8.78. The molecule has 196 valence electrons. The number of carbonyl (C=O) groups is 1. The Labute approximate surface area is 239 Å². The van der Waals surface area contributed by atoms with E-state index in [-0.39, 0.29) is 17.9 Å². The van der Waals surface area contributed by atoms with Gasteiger partial charge in [0.2, 0.25) is 0 Å². The second-order valence-corrected chi connectivity index (χ2v) is 9.94. The van der Waals surface area contributed by atoms with Crippen molar-refractivity contribution in [2.75, 3.05) is 6.61 Å². The third-order valence-corrected chi connectivity index (χ3v) is 6.94. The van der Waals surface area contributed by atoms with E-state index in [0.717, 1.165) is 14.7 Å². The number of ether oxygens (including phenoxy) is 2. The molecule has 0 fully saturated rings. The number of pyridine rings is 1. The molecule has 5 rings (SSSR count). The molecule has 0 radical (unpaired) electrons. The predicted molar refractivity (Wildman–Crippen MR) is 163 cm³/mol. The molecule has 1 heterocycles. The van der Waals surface area contributed by atoms with Gasteiger partial charge >= 0.3 is 0 Å². The molecule has 0 spiro atoms. The topological polar surface area (TPSA) is 81.9 Å². The third-order valence-electron chi connectivity index (χ3n) is 6.14. The van der Waals surface area contributed by atoms with Crippen LogP contribution in [0, 0.1) is 3.57 Å². The number of carbonyl (C=O) groups excluding carboxylic acids is 1. The number of aromatic nitrogens is 1. The summed E-state index contributed by atoms with van der Waals surface area (Å²) in [6.07, 6.45) is 1.57. The van der Waals surface area contributed by atoms with Crippen LogP contribution in [0.25, 0.3) is 21.8 Å². The Kier molecular flexibility index (Phi) is 8.21. The van der Waals surface area contributed by atoms with Gasteiger partial charge in [-0.2, -0.15) is 5.10 Å². The molecule has 0 saturated heterocycles. The van der Waals surface area contributed by atoms with Crippen molar-refractivity contribution in [2.24, 2.45) is 5.10 Å². The number of hydrogen-bond donors (Lipinski definition) is 1. The lowest BCUT2D eigenvalue weighted by molar-refractivity contribution is -0.121. The zero-order chi connectivity index (χ0) is 27.2. The number of nitrogens with one attached hydrogen (secondary N) is 1. The van der Waals surface area contributed by atoms with Gasteiger partial charge in [-0.1, -0.05) is 54.6 Å². The van der Waals surface area contributed by atoms with Crippen LogP contribution in [0.2, 0.25) is 0 Å². The van der Waals surface area contributed by atoms with E-state index in [1.54, 1.807) is 18.3 Å². The van der Waals surface area contributed by atoms with E-state index in [9.17, 15) is 9.59 Å². The van der Waals surface area contributed by atoms with Gasteiger partial charge in [-0.3, -0.25) is 9.59 Å². The first-order valence-electron chi connectivity index (χ1n) is 12.5. The molecule has 0 atom stereocenters. The maximum absolute atomic E-state index is 12.9. The summed E-state index contributed by atoms with van der Waals surface area (Å²) in [4.78, 5) is 25.9. The molecule has 1 N–H and O–H groups in total. The molecular formula is C31H26IN3O4. The van der Waals surface area contributed by atoms with E-state index in [0.29, 0.717) is 46.5 Å². The largest absolute Gasteiger partial charge is 0.490 e. The van der Waals surface area contributed by atoms with Crippen LogP contribution in [0.4, 0.5) is 0 Å². The predicted octanol–water partition coefficient (Wildman–Crippen LogP) is 5.89. The lowest BCUT2D eigenvalue weighted by atomic mass is 10.1. The molecule has 0 aliphatic carbocycles. The minimum atomic E-state index is -0.312. The Morgan fingerprint density at radius 2 is 1.56 bits per heavy atom. The lowest BCUT2D eigenvalue weighted by Crippen LogP contribution is -2.25. The molecule has 0 aliphatic heterocycles. The van der Waals surface area contributed by atoms with Crippen LogP contribution in [0.15, 0.2) is 101 Å². The van der Waals surface area contributed by atoms with Crippen LogP contribution in [0.5, 0.6) is 11.5 Å². The Bertz CT molecular complexity index is 1670. The molecule has 0 bridgehead atoms. The van der Waals surface area contributed by atoms with Crippen molar-refractivity contribution in [1.82, 2.24) is 9.99 Å². The zero-order valence-electron chi connectivity index (χ0n) is 21.3. The van der Waals surface area contributed by atoms with Crippen molar-refractivity contribution in [2.45, 2.75) is 20.1 Å². The van der Waals surface area contributed by atoms with Crippen LogP contribution in [0.3, 0.4) is 0 Å². The zero-order valence-corrected chi connectivity index (χ0v) is 23.4. The highest BCUT2D eigenvalue weighted by atomic mass is 127. The number of nitrogens with zero attached hydrogens (tertiary/aromatic N) is 2. The average molecular weight is 631 g/mol. The van der Waals surface area contributed by atoms with Crippen LogP contribution in [-0.4, -0.2) is 23.3 Å². The van der Waals surface area contributed by atoms with Crippen molar-refractivity contribution in [3.05, 3.63) is 116 Å². The summed E-state index contributed by atoms with van der Waals surface area (Å²) >= 11 is 2.21. The maximum Gasteiger partial charge on any atom is 0.260 e. The minimum absolute atomic E-state index is 0.00659. The van der Waals surface area contributed by atoms with Crippen LogP contribution >= 0.6 is 22.6 Å². The van der Waals surface area contributed by atoms with Gasteiger partial charge in [-0.15, -0.1) is 0 Å². The number of rotatable bonds is 9. The van der Waals surface area contributed by atoms with Gasteiger partial charge in [0.15, 0.2) is 16.9 Å². The summed E-state index contributed by atoms with van der Waals surface area (Å²) in [7, 11) is 0. The Balaban J connectivity index is 1.34. The summed E-state index contributed by atoms with van der Waals surface area (Å²) in [5, 5.41) is 5.32. The average Bonchev–Trinajstić information content (AvgIpc) is 2.95. The van der Waals surface area contributed by atoms with Crippen molar-refractivity contribution in [1.29, 1.82) is 0 Å². The van der Waals surface area contributed by atoms with Crippen LogP contribution < -0.4 is 20.3 Å². The van der Waals surface area contributed by atoms with Crippen LogP contribution in [0.1, 0.15) is 18.1 Å². The number of amides is 1. The fourth-order valence-electron chi connectivity index (χ4n) is 4.40. The smallest absolute Gasteiger partial charge is 0.260 e. The molecule has 0 aliphatic rings. The normalized spacial score (nSPS) is 11.2. The van der Waals surface area contributed by atoms with Gasteiger partial charge < -0.3 is 14.0 Å². The van der Waals surface area contributed by atoms with Gasteiger partial charge in [-0.25, -0.2) is 5.43 Å². The highest BCUT2D eigenvalue weighted by molar-refractivity contribution is 14.1. The standard InChI is InChI=1S/C31H26IN3O4/c1-2-38-28-17-22(16-25(32)31(28)39-20-21-10-4-3-5-11-21)18-33-34-29(36)19-35-26-14-8-6-12-23(26)30(37)24-13-7-9-15-27(24)35/h3-18H,2,19-20H2,1H3,(H,34,36)/b33-18-. The van der Waals surface area contributed by atoms with Gasteiger partial charge in [-0.05, 0) is 77.0 Å². The molecule has 8 heteroatoms. The maximum atomic E-state index is 12.9. The van der Waals surface area contributed by atoms with Gasteiger partial charge in [0, 0.05) is 10.8 Å². The first-order valence-corrected chi connectivity index (χ1v) is 13.6. The van der Waals surface area contributed by atoms with Gasteiger partial charge in [0.1, 0.15) is 13.2 Å². The first-order chi connectivity index (χ1) is 19.0. The summed E-state index contributed by atoms with van der Waals surface area (Å²) in [6.45, 7) is 2.83. The van der Waals surface area contributed by atoms with E-state index in [1.165, 1.54) is 0 Å². The van der Waals surface area contributed by atoms with Gasteiger partial charge in [0.05, 0.1) is 27.4 Å². The number of hydrazone groups is 1. The van der Waals surface area contributed by atoms with E-state index in [4.69, 9.17) is 9.47 Å². The highest BCUT2D eigenvalue weighted by Gasteiger charge is 2.14. The summed E-state index contributed by atoms with van der Waals surface area (Å²) in [6, 6.07) is 28.3. The minimum Gasteiger partial charge on any atom is -0.490 e. The summed E-state index contributed by atoms with van der Waals surface area (Å²) in [5.41, 5.74) is 5.78. The number of halogens is 1. The fraction of sp³-hybridized carbons (Fsp3) is 0.129. The first kappa shape index (κ1) is 26.4. The molecule has 1 amide bonds. The highest BCUT2D eigenvalue weighted by Crippen LogP contribution is 2.34. The van der Waals surface area contributed by atoms with E-state index in [2.05, 4.69) is 33.1 Å². The van der Waals surface area contributed by atoms with E-state index in [1.807, 2.05) is 90.4 Å². The number of fused-ring (bicyclic) bond motifs is 2. The lowest BCUT2D eigenvalue weighted by Gasteiger charge is -2.15. The van der Waals surface area contributed by atoms with Crippen molar-refractivity contribution in [3.8, 4) is 11.5 Å². The summed E-state index contributed by atoms with van der Waals surface area (Å²) in [5.74, 6) is 0.964. The van der Waals surface area contributed by atoms with Crippen molar-refractivity contribution in [3.63, 3.8) is 0 Å². The summed E-state index contributed by atoms with van der Waals surface area (Å²) < 4.78 is 14.6. The van der Waals surface area contributed by atoms with Crippen molar-refractivity contribution >= 4 is 56.5 Å². The van der Waals surface area contributed by atoms with E-state index < -0.39 is 0 Å². The molecule has 0 unspecified atom stereocenters. The third kappa shape index (κ3) is 5.96. The van der Waals surface area contributed by atoms with Gasteiger partial charge in [0.25, 0.3) is 5.91 Å². The monoisotopic (exact) mass is 631 g/mol. The number of benzene rings is 4.